The van der Waals surface area contributed by atoms with Crippen molar-refractivity contribution >= 4 is 22.8 Å². The predicted molar refractivity (Wildman–Crippen MR) is 116 cm³/mol. The van der Waals surface area contributed by atoms with Gasteiger partial charge in [-0.05, 0) is 58.6 Å². The maximum atomic E-state index is 13.6. The van der Waals surface area contributed by atoms with Crippen molar-refractivity contribution in [2.24, 2.45) is 0 Å². The molecule has 3 N–H and O–H groups in total. The number of nitrogens with one attached hydrogen (secondary N) is 3. The number of H-pyrrole nitrogens is 1. The maximum Gasteiger partial charge on any atom is 0.263 e. The van der Waals surface area contributed by atoms with Crippen molar-refractivity contribution < 1.29 is 4.79 Å². The van der Waals surface area contributed by atoms with E-state index >= 15 is 0 Å². The smallest absolute Gasteiger partial charge is 0.263 e. The number of aromatic nitrogens is 3. The maximum absolute atomic E-state index is 13.6. The highest BCUT2D eigenvalue weighted by molar-refractivity contribution is 6.01. The Morgan fingerprint density at radius 3 is 2.57 bits per heavy atom. The summed E-state index contributed by atoms with van der Waals surface area (Å²) in [6, 6.07) is 7.52. The SMILES string of the molecule is CC1NC(=O)c2cc(-c3cccc4c(=O)n(C5(C)CC5)c(NC5(C)CC5)nc34)[nH]c21. The van der Waals surface area contributed by atoms with Gasteiger partial charge in [-0.25, -0.2) is 4.98 Å². The molecule has 7 heteroatoms. The molecule has 0 saturated heterocycles. The molecule has 7 nitrogen and oxygen atoms in total. The van der Waals surface area contributed by atoms with Crippen LogP contribution in [0.3, 0.4) is 0 Å². The van der Waals surface area contributed by atoms with Crippen molar-refractivity contribution in [3.63, 3.8) is 0 Å². The summed E-state index contributed by atoms with van der Waals surface area (Å²) in [4.78, 5) is 34.2. The highest BCUT2D eigenvalue weighted by Crippen LogP contribution is 2.46. The summed E-state index contributed by atoms with van der Waals surface area (Å²) in [7, 11) is 0. The summed E-state index contributed by atoms with van der Waals surface area (Å²) in [5.74, 6) is 0.589. The van der Waals surface area contributed by atoms with Crippen molar-refractivity contribution in [3.05, 3.63) is 45.9 Å². The number of aromatic amines is 1. The second-order valence-corrected chi connectivity index (χ2v) is 9.67. The highest BCUT2D eigenvalue weighted by atomic mass is 16.2. The summed E-state index contributed by atoms with van der Waals surface area (Å²) in [6.07, 6.45) is 4.13. The van der Waals surface area contributed by atoms with Crippen LogP contribution in [0.5, 0.6) is 0 Å². The van der Waals surface area contributed by atoms with Crippen LogP contribution >= 0.6 is 0 Å². The average Bonchev–Trinajstić information content (AvgIpc) is 3.53. The summed E-state index contributed by atoms with van der Waals surface area (Å²) in [5, 5.41) is 7.07. The van der Waals surface area contributed by atoms with Crippen LogP contribution in [0.25, 0.3) is 22.2 Å². The van der Waals surface area contributed by atoms with Gasteiger partial charge in [0.1, 0.15) is 0 Å². The Labute approximate surface area is 173 Å². The van der Waals surface area contributed by atoms with Crippen molar-refractivity contribution in [1.29, 1.82) is 0 Å². The molecule has 3 aromatic rings. The molecule has 2 saturated carbocycles. The standard InChI is InChI=1S/C23H25N5O2/c1-12-17-15(19(29)24-12)11-16(25-17)13-5-4-6-14-18(13)26-21(27-22(2)7-8-22)28(20(14)30)23(3)9-10-23/h4-6,11-12,25H,7-10H2,1-3H3,(H,24,29)(H,26,27). The molecule has 1 amide bonds. The fourth-order valence-corrected chi connectivity index (χ4v) is 4.49. The molecular formula is C23H25N5O2. The van der Waals surface area contributed by atoms with Crippen molar-refractivity contribution in [1.82, 2.24) is 19.9 Å². The van der Waals surface area contributed by atoms with Crippen molar-refractivity contribution in [2.75, 3.05) is 5.32 Å². The summed E-state index contributed by atoms with van der Waals surface area (Å²) >= 11 is 0. The molecule has 0 bridgehead atoms. The molecule has 2 fully saturated rings. The topological polar surface area (TPSA) is 91.8 Å². The van der Waals surface area contributed by atoms with Gasteiger partial charge in [-0.2, -0.15) is 0 Å². The minimum atomic E-state index is -0.164. The molecule has 1 aromatic carbocycles. The number of carbonyl (C=O) groups is 1. The minimum Gasteiger partial charge on any atom is -0.356 e. The summed E-state index contributed by atoms with van der Waals surface area (Å²) in [6.45, 7) is 6.25. The van der Waals surface area contributed by atoms with Crippen LogP contribution in [0.15, 0.2) is 29.1 Å². The number of para-hydroxylation sites is 1. The fraction of sp³-hybridized carbons (Fsp3) is 0.435. The summed E-state index contributed by atoms with van der Waals surface area (Å²) < 4.78 is 1.87. The van der Waals surface area contributed by atoms with E-state index in [1.807, 2.05) is 35.8 Å². The van der Waals surface area contributed by atoms with Gasteiger partial charge < -0.3 is 15.6 Å². The van der Waals surface area contributed by atoms with Crippen LogP contribution in [0.2, 0.25) is 0 Å². The lowest BCUT2D eigenvalue weighted by molar-refractivity contribution is 0.0958. The van der Waals surface area contributed by atoms with Crippen LogP contribution in [-0.2, 0) is 5.54 Å². The van der Waals surface area contributed by atoms with Crippen molar-refractivity contribution in [3.8, 4) is 11.3 Å². The first kappa shape index (κ1) is 17.7. The fourth-order valence-electron chi connectivity index (χ4n) is 4.49. The second kappa shape index (κ2) is 5.53. The Morgan fingerprint density at radius 1 is 1.13 bits per heavy atom. The van der Waals surface area contributed by atoms with E-state index in [9.17, 15) is 9.59 Å². The molecule has 6 rings (SSSR count). The first-order valence-electron chi connectivity index (χ1n) is 10.7. The number of benzene rings is 1. The Kier molecular flexibility index (Phi) is 3.27. The number of amides is 1. The Balaban J connectivity index is 1.58. The van der Waals surface area contributed by atoms with Gasteiger partial charge in [0.05, 0.1) is 28.2 Å². The van der Waals surface area contributed by atoms with E-state index in [4.69, 9.17) is 4.98 Å². The molecule has 3 aliphatic rings. The number of nitrogens with zero attached hydrogens (tertiary/aromatic N) is 2. The van der Waals surface area contributed by atoms with E-state index in [1.165, 1.54) is 0 Å². The van der Waals surface area contributed by atoms with Gasteiger partial charge in [-0.1, -0.05) is 12.1 Å². The molecule has 1 unspecified atom stereocenters. The van der Waals surface area contributed by atoms with Gasteiger partial charge >= 0.3 is 0 Å². The molecule has 0 spiro atoms. The number of anilines is 1. The van der Waals surface area contributed by atoms with Crippen LogP contribution in [-0.4, -0.2) is 26.0 Å². The molecule has 2 aromatic heterocycles. The first-order chi connectivity index (χ1) is 14.3. The molecule has 0 radical (unpaired) electrons. The zero-order chi connectivity index (χ0) is 20.8. The zero-order valence-electron chi connectivity index (χ0n) is 17.4. The summed E-state index contributed by atoms with van der Waals surface area (Å²) in [5.41, 5.74) is 3.72. The van der Waals surface area contributed by atoms with E-state index < -0.39 is 0 Å². The number of carbonyl (C=O) groups excluding carboxylic acids is 1. The first-order valence-corrected chi connectivity index (χ1v) is 10.7. The molecule has 2 aliphatic carbocycles. The third-order valence-electron chi connectivity index (χ3n) is 6.99. The lowest BCUT2D eigenvalue weighted by atomic mass is 10.1. The minimum absolute atomic E-state index is 0.00110. The highest BCUT2D eigenvalue weighted by Gasteiger charge is 2.45. The van der Waals surface area contributed by atoms with Crippen LogP contribution in [0.4, 0.5) is 5.95 Å². The van der Waals surface area contributed by atoms with Crippen LogP contribution < -0.4 is 16.2 Å². The van der Waals surface area contributed by atoms with E-state index in [0.717, 1.165) is 42.6 Å². The van der Waals surface area contributed by atoms with Gasteiger partial charge in [0.2, 0.25) is 5.95 Å². The number of hydrogen-bond acceptors (Lipinski definition) is 4. The molecule has 30 heavy (non-hydrogen) atoms. The van der Waals surface area contributed by atoms with E-state index in [0.29, 0.717) is 22.4 Å². The lowest BCUT2D eigenvalue weighted by Gasteiger charge is -2.23. The number of rotatable bonds is 4. The third-order valence-corrected chi connectivity index (χ3v) is 6.99. The normalized spacial score (nSPS) is 22.6. The van der Waals surface area contributed by atoms with E-state index in [-0.39, 0.29) is 28.6 Å². The van der Waals surface area contributed by atoms with Gasteiger partial charge in [-0.3, -0.25) is 14.2 Å². The average molecular weight is 403 g/mol. The van der Waals surface area contributed by atoms with E-state index in [2.05, 4.69) is 29.5 Å². The van der Waals surface area contributed by atoms with Gasteiger partial charge in [-0.15, -0.1) is 0 Å². The molecule has 1 atom stereocenters. The molecule has 154 valence electrons. The largest absolute Gasteiger partial charge is 0.356 e. The predicted octanol–water partition coefficient (Wildman–Crippen LogP) is 3.67. The second-order valence-electron chi connectivity index (χ2n) is 9.67. The quantitative estimate of drug-likeness (QED) is 0.620. The van der Waals surface area contributed by atoms with E-state index in [1.54, 1.807) is 0 Å². The molecule has 3 heterocycles. The van der Waals surface area contributed by atoms with Gasteiger partial charge in [0.15, 0.2) is 0 Å². The van der Waals surface area contributed by atoms with Gasteiger partial charge in [0.25, 0.3) is 11.5 Å². The van der Waals surface area contributed by atoms with Crippen LogP contribution in [0, 0.1) is 0 Å². The van der Waals surface area contributed by atoms with Crippen molar-refractivity contribution in [2.45, 2.75) is 63.6 Å². The van der Waals surface area contributed by atoms with Gasteiger partial charge in [0, 0.05) is 22.3 Å². The zero-order valence-corrected chi connectivity index (χ0v) is 17.4. The monoisotopic (exact) mass is 403 g/mol. The Hall–Kier alpha value is -3.09. The molecule has 1 aliphatic heterocycles. The lowest BCUT2D eigenvalue weighted by Crippen LogP contribution is -2.34. The molecular weight excluding hydrogens is 378 g/mol. The number of fused-ring (bicyclic) bond motifs is 2. The third kappa shape index (κ3) is 2.47. The number of hydrogen-bond donors (Lipinski definition) is 3. The Bertz CT molecular complexity index is 1290. The Morgan fingerprint density at radius 2 is 1.90 bits per heavy atom. The van der Waals surface area contributed by atoms with Crippen LogP contribution in [0.1, 0.15) is 68.5 Å².